The molecule has 0 unspecified atom stereocenters. The first kappa shape index (κ1) is 20.7. The molecule has 2 N–H and O–H groups in total. The zero-order chi connectivity index (χ0) is 20.8. The quantitative estimate of drug-likeness (QED) is 0.550. The monoisotopic (exact) mass is 412 g/mol. The Labute approximate surface area is 174 Å². The number of carbonyl (C=O) groups excluding carboxylic acids is 1. The first-order chi connectivity index (χ1) is 14.0. The SMILES string of the molecule is COc1ccc(CNC(=O)[C@@H](C)Sc2n[nH]c(-c3ccc(C)cc3)n2)cc1OC. The fraction of sp³-hybridized carbons (Fsp3) is 0.286. The third kappa shape index (κ3) is 5.29. The molecule has 0 spiro atoms. The van der Waals surface area contributed by atoms with Crippen molar-refractivity contribution in [3.05, 3.63) is 53.6 Å². The highest BCUT2D eigenvalue weighted by molar-refractivity contribution is 8.00. The molecule has 1 atom stereocenters. The Morgan fingerprint density at radius 3 is 2.55 bits per heavy atom. The lowest BCUT2D eigenvalue weighted by atomic mass is 10.1. The minimum atomic E-state index is -0.336. The minimum absolute atomic E-state index is 0.0912. The Bertz CT molecular complexity index is 972. The lowest BCUT2D eigenvalue weighted by Crippen LogP contribution is -2.30. The van der Waals surface area contributed by atoms with Crippen LogP contribution in [0.4, 0.5) is 0 Å². The molecule has 0 saturated carbocycles. The molecule has 0 aliphatic heterocycles. The number of methoxy groups -OCH3 is 2. The summed E-state index contributed by atoms with van der Waals surface area (Å²) in [6.45, 7) is 4.26. The number of aryl methyl sites for hydroxylation is 1. The van der Waals surface area contributed by atoms with E-state index in [-0.39, 0.29) is 11.2 Å². The van der Waals surface area contributed by atoms with Crippen LogP contribution in [-0.4, -0.2) is 40.6 Å². The summed E-state index contributed by atoms with van der Waals surface area (Å²) in [5, 5.41) is 10.3. The van der Waals surface area contributed by atoms with E-state index in [1.54, 1.807) is 14.2 Å². The normalized spacial score (nSPS) is 11.7. The van der Waals surface area contributed by atoms with Gasteiger partial charge in [0, 0.05) is 12.1 Å². The topological polar surface area (TPSA) is 89.1 Å². The van der Waals surface area contributed by atoms with Crippen LogP contribution in [-0.2, 0) is 11.3 Å². The number of rotatable bonds is 8. The molecule has 0 aliphatic rings. The molecule has 152 valence electrons. The fourth-order valence-electron chi connectivity index (χ4n) is 2.67. The van der Waals surface area contributed by atoms with Crippen LogP contribution in [0.5, 0.6) is 11.5 Å². The van der Waals surface area contributed by atoms with Gasteiger partial charge in [0.15, 0.2) is 17.3 Å². The maximum Gasteiger partial charge on any atom is 0.233 e. The first-order valence-electron chi connectivity index (χ1n) is 9.15. The molecule has 8 heteroatoms. The predicted octanol–water partition coefficient (Wildman–Crippen LogP) is 3.59. The number of nitrogens with one attached hydrogen (secondary N) is 2. The van der Waals surface area contributed by atoms with Crippen LogP contribution in [0, 0.1) is 6.92 Å². The van der Waals surface area contributed by atoms with Crippen LogP contribution in [0.3, 0.4) is 0 Å². The van der Waals surface area contributed by atoms with Gasteiger partial charge in [0.1, 0.15) is 0 Å². The van der Waals surface area contributed by atoms with Gasteiger partial charge in [-0.2, -0.15) is 0 Å². The molecule has 0 bridgehead atoms. The number of hydrogen-bond donors (Lipinski definition) is 2. The number of aromatic amines is 1. The van der Waals surface area contributed by atoms with Crippen molar-refractivity contribution in [3.8, 4) is 22.9 Å². The van der Waals surface area contributed by atoms with Gasteiger partial charge in [-0.1, -0.05) is 47.7 Å². The van der Waals surface area contributed by atoms with Gasteiger partial charge in [-0.25, -0.2) is 4.98 Å². The number of H-pyrrole nitrogens is 1. The zero-order valence-corrected chi connectivity index (χ0v) is 17.7. The summed E-state index contributed by atoms with van der Waals surface area (Å²) in [5.41, 5.74) is 3.07. The molecule has 7 nitrogen and oxygen atoms in total. The van der Waals surface area contributed by atoms with E-state index >= 15 is 0 Å². The van der Waals surface area contributed by atoms with Crippen LogP contribution in [0.2, 0.25) is 0 Å². The summed E-state index contributed by atoms with van der Waals surface area (Å²) in [4.78, 5) is 16.9. The Morgan fingerprint density at radius 2 is 1.86 bits per heavy atom. The molecule has 2 aromatic carbocycles. The Hall–Kier alpha value is -3.00. The van der Waals surface area contributed by atoms with Gasteiger partial charge in [0.05, 0.1) is 19.5 Å². The molecule has 1 aromatic heterocycles. The van der Waals surface area contributed by atoms with Gasteiger partial charge in [0.2, 0.25) is 11.1 Å². The number of ether oxygens (including phenoxy) is 2. The molecular formula is C21H24N4O3S. The van der Waals surface area contributed by atoms with Crippen LogP contribution in [0.15, 0.2) is 47.6 Å². The Kier molecular flexibility index (Phi) is 6.77. The van der Waals surface area contributed by atoms with Crippen molar-refractivity contribution in [1.29, 1.82) is 0 Å². The molecule has 1 heterocycles. The maximum atomic E-state index is 12.5. The Balaban J connectivity index is 1.56. The molecule has 0 saturated heterocycles. The smallest absolute Gasteiger partial charge is 0.233 e. The molecule has 3 rings (SSSR count). The highest BCUT2D eigenvalue weighted by Crippen LogP contribution is 2.27. The summed E-state index contributed by atoms with van der Waals surface area (Å²) in [6, 6.07) is 13.6. The summed E-state index contributed by atoms with van der Waals surface area (Å²) in [7, 11) is 3.17. The molecule has 0 radical (unpaired) electrons. The number of hydrogen-bond acceptors (Lipinski definition) is 6. The van der Waals surface area contributed by atoms with Gasteiger partial charge < -0.3 is 14.8 Å². The van der Waals surface area contributed by atoms with Gasteiger partial charge in [-0.3, -0.25) is 9.89 Å². The summed E-state index contributed by atoms with van der Waals surface area (Å²) >= 11 is 1.31. The molecule has 1 amide bonds. The summed E-state index contributed by atoms with van der Waals surface area (Å²) in [5.74, 6) is 1.88. The average Bonchev–Trinajstić information content (AvgIpc) is 3.20. The van der Waals surface area contributed by atoms with Gasteiger partial charge in [0.25, 0.3) is 0 Å². The van der Waals surface area contributed by atoms with Gasteiger partial charge in [-0.05, 0) is 31.5 Å². The number of carbonyl (C=O) groups is 1. The number of amides is 1. The van der Waals surface area contributed by atoms with E-state index in [4.69, 9.17) is 9.47 Å². The summed E-state index contributed by atoms with van der Waals surface area (Å²) < 4.78 is 10.5. The number of thioether (sulfide) groups is 1. The van der Waals surface area contributed by atoms with E-state index in [9.17, 15) is 4.79 Å². The van der Waals surface area contributed by atoms with E-state index in [0.717, 1.165) is 11.1 Å². The van der Waals surface area contributed by atoms with Crippen LogP contribution < -0.4 is 14.8 Å². The molecule has 0 aliphatic carbocycles. The lowest BCUT2D eigenvalue weighted by molar-refractivity contribution is -0.120. The second kappa shape index (κ2) is 9.47. The molecule has 29 heavy (non-hydrogen) atoms. The number of nitrogens with zero attached hydrogens (tertiary/aromatic N) is 2. The zero-order valence-electron chi connectivity index (χ0n) is 16.9. The van der Waals surface area contributed by atoms with Crippen LogP contribution in [0.25, 0.3) is 11.4 Å². The van der Waals surface area contributed by atoms with E-state index in [2.05, 4.69) is 20.5 Å². The largest absolute Gasteiger partial charge is 0.493 e. The second-order valence-corrected chi connectivity index (χ2v) is 7.81. The third-order valence-electron chi connectivity index (χ3n) is 4.36. The first-order valence-corrected chi connectivity index (χ1v) is 10.0. The van der Waals surface area contributed by atoms with E-state index in [1.165, 1.54) is 17.3 Å². The third-order valence-corrected chi connectivity index (χ3v) is 5.32. The molecule has 3 aromatic rings. The highest BCUT2D eigenvalue weighted by Gasteiger charge is 2.17. The van der Waals surface area contributed by atoms with Crippen molar-refractivity contribution in [3.63, 3.8) is 0 Å². The highest BCUT2D eigenvalue weighted by atomic mass is 32.2. The average molecular weight is 413 g/mol. The Morgan fingerprint density at radius 1 is 1.14 bits per heavy atom. The lowest BCUT2D eigenvalue weighted by Gasteiger charge is -2.12. The second-order valence-electron chi connectivity index (χ2n) is 6.50. The van der Waals surface area contributed by atoms with Crippen molar-refractivity contribution in [1.82, 2.24) is 20.5 Å². The number of aromatic nitrogens is 3. The van der Waals surface area contributed by atoms with Crippen molar-refractivity contribution < 1.29 is 14.3 Å². The van der Waals surface area contributed by atoms with E-state index in [1.807, 2.05) is 56.3 Å². The van der Waals surface area contributed by atoms with Crippen molar-refractivity contribution >= 4 is 17.7 Å². The van der Waals surface area contributed by atoms with Gasteiger partial charge in [-0.15, -0.1) is 5.10 Å². The van der Waals surface area contributed by atoms with Crippen molar-refractivity contribution in [2.75, 3.05) is 14.2 Å². The van der Waals surface area contributed by atoms with E-state index in [0.29, 0.717) is 29.0 Å². The number of benzene rings is 2. The van der Waals surface area contributed by atoms with Crippen molar-refractivity contribution in [2.24, 2.45) is 0 Å². The maximum absolute atomic E-state index is 12.5. The predicted molar refractivity (Wildman–Crippen MR) is 113 cm³/mol. The molecular weight excluding hydrogens is 388 g/mol. The van der Waals surface area contributed by atoms with E-state index < -0.39 is 0 Å². The summed E-state index contributed by atoms with van der Waals surface area (Å²) in [6.07, 6.45) is 0. The van der Waals surface area contributed by atoms with Crippen molar-refractivity contribution in [2.45, 2.75) is 30.8 Å². The standard InChI is InChI=1S/C21H24N4O3S/c1-13-5-8-16(9-6-13)19-23-21(25-24-19)29-14(2)20(26)22-12-15-7-10-17(27-3)18(11-15)28-4/h5-11,14H,12H2,1-4H3,(H,22,26)(H,23,24,25)/t14-/m1/s1. The fourth-order valence-corrected chi connectivity index (χ4v) is 3.42. The van der Waals surface area contributed by atoms with Crippen LogP contribution in [0.1, 0.15) is 18.1 Å². The van der Waals surface area contributed by atoms with Crippen LogP contribution >= 0.6 is 11.8 Å². The minimum Gasteiger partial charge on any atom is -0.493 e. The molecule has 0 fully saturated rings. The van der Waals surface area contributed by atoms with Gasteiger partial charge >= 0.3 is 0 Å².